The quantitative estimate of drug-likeness (QED) is 0.815. The van der Waals surface area contributed by atoms with E-state index < -0.39 is 0 Å². The van der Waals surface area contributed by atoms with Crippen LogP contribution in [0.25, 0.3) is 0 Å². The van der Waals surface area contributed by atoms with Gasteiger partial charge in [0, 0.05) is 17.3 Å². The highest BCUT2D eigenvalue weighted by Crippen LogP contribution is 2.44. The van der Waals surface area contributed by atoms with Gasteiger partial charge in [-0.1, -0.05) is 34.6 Å². The van der Waals surface area contributed by atoms with E-state index in [1.54, 1.807) is 0 Å². The molecule has 0 radical (unpaired) electrons. The van der Waals surface area contributed by atoms with Crippen molar-refractivity contribution >= 4 is 11.3 Å². The van der Waals surface area contributed by atoms with Gasteiger partial charge in [0.25, 0.3) is 0 Å². The van der Waals surface area contributed by atoms with E-state index in [0.717, 1.165) is 12.5 Å². The van der Waals surface area contributed by atoms with Gasteiger partial charge in [-0.15, -0.1) is 11.3 Å². The lowest BCUT2D eigenvalue weighted by molar-refractivity contribution is 0.169. The molecule has 120 valence electrons. The molecule has 0 saturated heterocycles. The second kappa shape index (κ2) is 6.78. The molecule has 0 aliphatic heterocycles. The lowest BCUT2D eigenvalue weighted by Gasteiger charge is -2.36. The van der Waals surface area contributed by atoms with Crippen molar-refractivity contribution in [3.8, 4) is 0 Å². The van der Waals surface area contributed by atoms with Crippen molar-refractivity contribution in [2.75, 3.05) is 7.05 Å². The Bertz CT molecular complexity index is 448. The first-order chi connectivity index (χ1) is 9.82. The molecule has 1 fully saturated rings. The predicted molar refractivity (Wildman–Crippen MR) is 93.1 cm³/mol. The Morgan fingerprint density at radius 3 is 2.29 bits per heavy atom. The van der Waals surface area contributed by atoms with Crippen LogP contribution >= 0.6 is 11.3 Å². The van der Waals surface area contributed by atoms with Gasteiger partial charge in [-0.25, -0.2) is 4.98 Å². The highest BCUT2D eigenvalue weighted by Gasteiger charge is 2.31. The molecule has 1 N–H and O–H groups in total. The summed E-state index contributed by atoms with van der Waals surface area (Å²) in [4.78, 5) is 6.46. The monoisotopic (exact) mass is 308 g/mol. The number of nitrogens with one attached hydrogen (secondary N) is 1. The second-order valence-electron chi connectivity index (χ2n) is 7.96. The van der Waals surface area contributed by atoms with Gasteiger partial charge in [0.1, 0.15) is 0 Å². The third-order valence-electron chi connectivity index (χ3n) is 4.93. The molecule has 3 heteroatoms. The summed E-state index contributed by atoms with van der Waals surface area (Å²) >= 11 is 1.95. The summed E-state index contributed by atoms with van der Waals surface area (Å²) in [5.74, 6) is 2.12. The SMILES string of the molecule is CNCc1sc(C2CCC(C(C)(C)C)CC2)nc1C(C)C. The standard InChI is InChI=1S/C18H32N2S/c1-12(2)16-15(11-19-6)21-17(20-16)13-7-9-14(10-8-13)18(3,4)5/h12-14,19H,7-11H2,1-6H3. The minimum absolute atomic E-state index is 0.467. The van der Waals surface area contributed by atoms with Crippen molar-refractivity contribution in [1.82, 2.24) is 10.3 Å². The van der Waals surface area contributed by atoms with Crippen LogP contribution in [0, 0.1) is 11.3 Å². The van der Waals surface area contributed by atoms with Crippen LogP contribution in [-0.4, -0.2) is 12.0 Å². The summed E-state index contributed by atoms with van der Waals surface area (Å²) in [6, 6.07) is 0. The molecule has 1 aliphatic carbocycles. The fourth-order valence-electron chi connectivity index (χ4n) is 3.50. The molecule has 1 heterocycles. The highest BCUT2D eigenvalue weighted by molar-refractivity contribution is 7.11. The molecule has 0 atom stereocenters. The van der Waals surface area contributed by atoms with Crippen molar-refractivity contribution in [2.24, 2.45) is 11.3 Å². The van der Waals surface area contributed by atoms with E-state index >= 15 is 0 Å². The second-order valence-corrected chi connectivity index (χ2v) is 9.08. The first-order valence-electron chi connectivity index (χ1n) is 8.47. The molecule has 0 bridgehead atoms. The maximum Gasteiger partial charge on any atom is 0.0962 e. The number of aromatic nitrogens is 1. The minimum Gasteiger partial charge on any atom is -0.315 e. The summed E-state index contributed by atoms with van der Waals surface area (Å²) in [5.41, 5.74) is 1.79. The van der Waals surface area contributed by atoms with Crippen LogP contribution in [0.4, 0.5) is 0 Å². The smallest absolute Gasteiger partial charge is 0.0962 e. The lowest BCUT2D eigenvalue weighted by atomic mass is 9.70. The van der Waals surface area contributed by atoms with Crippen LogP contribution in [0.5, 0.6) is 0 Å². The zero-order valence-corrected chi connectivity index (χ0v) is 15.4. The summed E-state index contributed by atoms with van der Waals surface area (Å²) < 4.78 is 0. The van der Waals surface area contributed by atoms with Crippen LogP contribution in [0.1, 0.15) is 87.7 Å². The first-order valence-corrected chi connectivity index (χ1v) is 9.28. The molecule has 0 unspecified atom stereocenters. The Balaban J connectivity index is 2.08. The topological polar surface area (TPSA) is 24.9 Å². The van der Waals surface area contributed by atoms with Crippen LogP contribution in [0.15, 0.2) is 0 Å². The molecule has 0 spiro atoms. The molecule has 1 saturated carbocycles. The van der Waals surface area contributed by atoms with Gasteiger partial charge >= 0.3 is 0 Å². The first kappa shape index (κ1) is 17.0. The zero-order valence-electron chi connectivity index (χ0n) is 14.6. The van der Waals surface area contributed by atoms with Crippen molar-refractivity contribution in [1.29, 1.82) is 0 Å². The Morgan fingerprint density at radius 2 is 1.81 bits per heavy atom. The van der Waals surface area contributed by atoms with Crippen molar-refractivity contribution < 1.29 is 0 Å². The number of nitrogens with zero attached hydrogens (tertiary/aromatic N) is 1. The average Bonchev–Trinajstić information content (AvgIpc) is 2.82. The maximum absolute atomic E-state index is 5.02. The fraction of sp³-hybridized carbons (Fsp3) is 0.833. The molecule has 2 rings (SSSR count). The van der Waals surface area contributed by atoms with E-state index in [4.69, 9.17) is 4.98 Å². The van der Waals surface area contributed by atoms with Gasteiger partial charge in [-0.3, -0.25) is 0 Å². The molecule has 0 amide bonds. The van der Waals surface area contributed by atoms with Crippen LogP contribution in [0.2, 0.25) is 0 Å². The van der Waals surface area contributed by atoms with Gasteiger partial charge < -0.3 is 5.32 Å². The van der Waals surface area contributed by atoms with Crippen LogP contribution in [0.3, 0.4) is 0 Å². The van der Waals surface area contributed by atoms with Crippen LogP contribution in [-0.2, 0) is 6.54 Å². The Hall–Kier alpha value is -0.410. The number of rotatable bonds is 4. The molecule has 1 aliphatic rings. The van der Waals surface area contributed by atoms with Gasteiger partial charge in [0.2, 0.25) is 0 Å². The van der Waals surface area contributed by atoms with Crippen molar-refractivity contribution in [2.45, 2.75) is 78.7 Å². The molecule has 1 aromatic heterocycles. The van der Waals surface area contributed by atoms with E-state index in [1.165, 1.54) is 41.3 Å². The van der Waals surface area contributed by atoms with E-state index in [-0.39, 0.29) is 0 Å². The maximum atomic E-state index is 5.02. The average molecular weight is 309 g/mol. The summed E-state index contributed by atoms with van der Waals surface area (Å²) in [6.07, 6.45) is 5.39. The van der Waals surface area contributed by atoms with Gasteiger partial charge in [0.15, 0.2) is 0 Å². The summed E-state index contributed by atoms with van der Waals surface area (Å²) in [6.45, 7) is 12.7. The summed E-state index contributed by atoms with van der Waals surface area (Å²) in [7, 11) is 2.03. The molecule has 0 aromatic carbocycles. The molecule has 1 aromatic rings. The number of thiazole rings is 1. The molecular weight excluding hydrogens is 276 g/mol. The van der Waals surface area contributed by atoms with E-state index in [1.807, 2.05) is 18.4 Å². The Kier molecular flexibility index (Phi) is 5.48. The zero-order chi connectivity index (χ0) is 15.6. The van der Waals surface area contributed by atoms with Crippen molar-refractivity contribution in [3.05, 3.63) is 15.6 Å². The molecular formula is C18H32N2S. The third-order valence-corrected chi connectivity index (χ3v) is 6.16. The largest absolute Gasteiger partial charge is 0.315 e. The normalized spacial score (nSPS) is 23.8. The number of hydrogen-bond donors (Lipinski definition) is 1. The van der Waals surface area contributed by atoms with Crippen LogP contribution < -0.4 is 5.32 Å². The van der Waals surface area contributed by atoms with Crippen molar-refractivity contribution in [3.63, 3.8) is 0 Å². The summed E-state index contributed by atoms with van der Waals surface area (Å²) in [5, 5.41) is 4.69. The van der Waals surface area contributed by atoms with E-state index in [9.17, 15) is 0 Å². The Morgan fingerprint density at radius 1 is 1.19 bits per heavy atom. The fourth-order valence-corrected chi connectivity index (χ4v) is 4.90. The minimum atomic E-state index is 0.467. The van der Waals surface area contributed by atoms with Gasteiger partial charge in [-0.2, -0.15) is 0 Å². The van der Waals surface area contributed by atoms with Gasteiger partial charge in [-0.05, 0) is 50.0 Å². The predicted octanol–water partition coefficient (Wildman–Crippen LogP) is 5.31. The molecule has 2 nitrogen and oxygen atoms in total. The third kappa shape index (κ3) is 4.07. The van der Waals surface area contributed by atoms with Gasteiger partial charge in [0.05, 0.1) is 10.7 Å². The highest BCUT2D eigenvalue weighted by atomic mass is 32.1. The van der Waals surface area contributed by atoms with E-state index in [0.29, 0.717) is 17.3 Å². The lowest BCUT2D eigenvalue weighted by Crippen LogP contribution is -2.25. The Labute approximate surface area is 134 Å². The molecule has 21 heavy (non-hydrogen) atoms. The van der Waals surface area contributed by atoms with E-state index in [2.05, 4.69) is 39.9 Å². The number of hydrogen-bond acceptors (Lipinski definition) is 3.